The zero-order valence-corrected chi connectivity index (χ0v) is 25.1. The molecule has 1 N–H and O–H groups in total. The molecule has 0 aliphatic carbocycles. The summed E-state index contributed by atoms with van der Waals surface area (Å²) in [5.41, 5.74) is 0.452. The number of ether oxygens (including phenoxy) is 1. The normalized spacial score (nSPS) is 29.7. The van der Waals surface area contributed by atoms with Gasteiger partial charge in [-0.2, -0.15) is 0 Å². The van der Waals surface area contributed by atoms with Crippen molar-refractivity contribution in [3.63, 3.8) is 0 Å². The molecule has 8 heteroatoms. The first-order valence-corrected chi connectivity index (χ1v) is 15.3. The fourth-order valence-corrected chi connectivity index (χ4v) is 9.40. The molecule has 0 radical (unpaired) electrons. The number of nitrogens with zero attached hydrogens (tertiary/aromatic N) is 2. The molecular weight excluding hydrogens is 524 g/mol. The van der Waals surface area contributed by atoms with Gasteiger partial charge in [-0.25, -0.2) is 0 Å². The number of hydrogen-bond acceptors (Lipinski definition) is 6. The van der Waals surface area contributed by atoms with E-state index in [2.05, 4.69) is 20.1 Å². The van der Waals surface area contributed by atoms with E-state index in [0.717, 1.165) is 18.4 Å². The number of aliphatic hydroxyl groups excluding tert-OH is 1. The molecule has 7 atom stereocenters. The fraction of sp³-hybridized carbons (Fsp3) is 0.594. The summed E-state index contributed by atoms with van der Waals surface area (Å²) in [4.78, 5) is 46.1. The number of hydrogen-bond donors (Lipinski definition) is 1. The first-order chi connectivity index (χ1) is 19.0. The maximum atomic E-state index is 14.7. The quantitative estimate of drug-likeness (QED) is 0.231. The average Bonchev–Trinajstić information content (AvgIpc) is 3.51. The standard InChI is InChI=1S/C32H44N2O5S/c1-7-9-13-17-39-30(38)25-24-18-21(3)32(40-24)26(25)28(36)34(23(20-35)19-22-14-11-10-12-15-22)27(32)29(37)33(16-8-2)31(4,5)6/h7-8,10-12,14-15,21,23-27,35H,1-2,9,13,16-20H2,3-6H3/t21?,23-,24+,25-,26+,27?,32?/m1/s1. The fourth-order valence-electron chi connectivity index (χ4n) is 7.01. The van der Waals surface area contributed by atoms with E-state index in [1.807, 2.05) is 51.1 Å². The zero-order chi connectivity index (χ0) is 29.2. The molecular formula is C32H44N2O5S. The second-order valence-corrected chi connectivity index (χ2v) is 13.9. The molecule has 3 aliphatic heterocycles. The van der Waals surface area contributed by atoms with Crippen molar-refractivity contribution in [3.05, 3.63) is 61.2 Å². The summed E-state index contributed by atoms with van der Waals surface area (Å²) in [5, 5.41) is 10.6. The highest BCUT2D eigenvalue weighted by molar-refractivity contribution is 8.02. The van der Waals surface area contributed by atoms with Crippen molar-refractivity contribution in [2.75, 3.05) is 19.8 Å². The largest absolute Gasteiger partial charge is 0.465 e. The minimum Gasteiger partial charge on any atom is -0.465 e. The van der Waals surface area contributed by atoms with Crippen LogP contribution in [0.1, 0.15) is 52.5 Å². The summed E-state index contributed by atoms with van der Waals surface area (Å²) >= 11 is 1.63. The van der Waals surface area contributed by atoms with Gasteiger partial charge in [0.2, 0.25) is 11.8 Å². The van der Waals surface area contributed by atoms with Crippen molar-refractivity contribution in [2.45, 2.75) is 81.0 Å². The maximum Gasteiger partial charge on any atom is 0.310 e. The van der Waals surface area contributed by atoms with Crippen LogP contribution in [0.15, 0.2) is 55.6 Å². The summed E-state index contributed by atoms with van der Waals surface area (Å²) in [5.74, 6) is -2.00. The summed E-state index contributed by atoms with van der Waals surface area (Å²) in [6, 6.07) is 8.28. The lowest BCUT2D eigenvalue weighted by molar-refractivity contribution is -0.155. The predicted molar refractivity (Wildman–Crippen MR) is 159 cm³/mol. The minimum atomic E-state index is -0.811. The summed E-state index contributed by atoms with van der Waals surface area (Å²) in [7, 11) is 0. The number of carbonyl (C=O) groups excluding carboxylic acids is 3. The Morgan fingerprint density at radius 1 is 1.25 bits per heavy atom. The van der Waals surface area contributed by atoms with Crippen LogP contribution in [-0.2, 0) is 25.5 Å². The number of amides is 2. The van der Waals surface area contributed by atoms with Crippen molar-refractivity contribution >= 4 is 29.5 Å². The van der Waals surface area contributed by atoms with Crippen LogP contribution in [0.3, 0.4) is 0 Å². The number of likely N-dealkylation sites (tertiary alicyclic amines) is 1. The van der Waals surface area contributed by atoms with Gasteiger partial charge in [-0.05, 0) is 57.9 Å². The second kappa shape index (κ2) is 12.1. The molecule has 1 spiro atoms. The Hall–Kier alpha value is -2.58. The van der Waals surface area contributed by atoms with Gasteiger partial charge in [0, 0.05) is 17.3 Å². The van der Waals surface area contributed by atoms with Gasteiger partial charge < -0.3 is 19.6 Å². The lowest BCUT2D eigenvalue weighted by Crippen LogP contribution is -2.62. The number of unbranched alkanes of at least 4 members (excludes halogenated alkanes) is 1. The number of benzene rings is 1. The highest BCUT2D eigenvalue weighted by Gasteiger charge is 2.77. The van der Waals surface area contributed by atoms with Gasteiger partial charge in [0.25, 0.3) is 0 Å². The topological polar surface area (TPSA) is 87.2 Å². The van der Waals surface area contributed by atoms with Crippen LogP contribution in [0.25, 0.3) is 0 Å². The molecule has 3 heterocycles. The van der Waals surface area contributed by atoms with E-state index in [4.69, 9.17) is 4.74 Å². The molecule has 1 aromatic rings. The van der Waals surface area contributed by atoms with Gasteiger partial charge in [0.15, 0.2) is 0 Å². The van der Waals surface area contributed by atoms with Crippen LogP contribution in [0.5, 0.6) is 0 Å². The molecule has 0 saturated carbocycles. The number of fused-ring (bicyclic) bond motifs is 1. The molecule has 3 saturated heterocycles. The second-order valence-electron chi connectivity index (χ2n) is 12.3. The molecule has 3 aliphatic rings. The molecule has 218 valence electrons. The molecule has 0 aromatic heterocycles. The number of esters is 1. The first kappa shape index (κ1) is 30.4. The van der Waals surface area contributed by atoms with Crippen molar-refractivity contribution in [3.8, 4) is 0 Å². The lowest BCUT2D eigenvalue weighted by Gasteiger charge is -2.45. The highest BCUT2D eigenvalue weighted by Crippen LogP contribution is 2.69. The Bertz CT molecular complexity index is 1120. The third-order valence-corrected chi connectivity index (χ3v) is 10.9. The molecule has 3 fully saturated rings. The SMILES string of the molecule is C=CCCCOC(=O)[C@@H]1[C@@H]2CC(C)C3(S2)C(C(=O)N(CC=C)C(C)(C)C)N([C@@H](CO)Cc2ccccc2)C(=O)[C@H]13. The average molecular weight is 569 g/mol. The molecule has 40 heavy (non-hydrogen) atoms. The molecule has 2 amide bonds. The van der Waals surface area contributed by atoms with Crippen molar-refractivity contribution in [2.24, 2.45) is 17.8 Å². The number of rotatable bonds is 12. The van der Waals surface area contributed by atoms with Crippen molar-refractivity contribution < 1.29 is 24.2 Å². The van der Waals surface area contributed by atoms with E-state index in [1.165, 1.54) is 0 Å². The van der Waals surface area contributed by atoms with Gasteiger partial charge in [0.05, 0.1) is 35.8 Å². The zero-order valence-electron chi connectivity index (χ0n) is 24.3. The monoisotopic (exact) mass is 568 g/mol. The van der Waals surface area contributed by atoms with Crippen molar-refractivity contribution in [1.82, 2.24) is 9.80 Å². The molecule has 3 unspecified atom stereocenters. The van der Waals surface area contributed by atoms with Gasteiger partial charge >= 0.3 is 5.97 Å². The summed E-state index contributed by atoms with van der Waals surface area (Å²) in [6.07, 6.45) is 6.06. The van der Waals surface area contributed by atoms with E-state index in [9.17, 15) is 19.5 Å². The van der Waals surface area contributed by atoms with Crippen molar-refractivity contribution in [1.29, 1.82) is 0 Å². The Labute approximate surface area is 243 Å². The lowest BCUT2D eigenvalue weighted by atomic mass is 9.66. The molecule has 4 rings (SSSR count). The van der Waals surface area contributed by atoms with Crippen LogP contribution in [0.2, 0.25) is 0 Å². The number of carbonyl (C=O) groups is 3. The van der Waals surface area contributed by atoms with E-state index in [0.29, 0.717) is 19.4 Å². The van der Waals surface area contributed by atoms with E-state index >= 15 is 0 Å². The van der Waals surface area contributed by atoms with E-state index < -0.39 is 34.2 Å². The Morgan fingerprint density at radius 2 is 1.95 bits per heavy atom. The molecule has 2 bridgehead atoms. The van der Waals surface area contributed by atoms with Gasteiger partial charge in [0.1, 0.15) is 6.04 Å². The Morgan fingerprint density at radius 3 is 2.55 bits per heavy atom. The predicted octanol–water partition coefficient (Wildman–Crippen LogP) is 4.25. The number of aliphatic hydroxyl groups is 1. The summed E-state index contributed by atoms with van der Waals surface area (Å²) < 4.78 is 4.91. The minimum absolute atomic E-state index is 0.0295. The smallest absolute Gasteiger partial charge is 0.310 e. The Kier molecular flexibility index (Phi) is 9.20. The third kappa shape index (κ3) is 5.25. The van der Waals surface area contributed by atoms with E-state index in [1.54, 1.807) is 33.7 Å². The van der Waals surface area contributed by atoms with Crippen LogP contribution >= 0.6 is 11.8 Å². The van der Waals surface area contributed by atoms with Gasteiger partial charge in [-0.1, -0.05) is 49.4 Å². The molecule has 7 nitrogen and oxygen atoms in total. The summed E-state index contributed by atoms with van der Waals surface area (Å²) in [6.45, 7) is 16.0. The Balaban J connectivity index is 1.78. The van der Waals surface area contributed by atoms with Crippen LogP contribution in [0.4, 0.5) is 0 Å². The van der Waals surface area contributed by atoms with Crippen LogP contribution < -0.4 is 0 Å². The van der Waals surface area contributed by atoms with Gasteiger partial charge in [-0.15, -0.1) is 24.9 Å². The number of thioether (sulfide) groups is 1. The van der Waals surface area contributed by atoms with Gasteiger partial charge in [-0.3, -0.25) is 14.4 Å². The van der Waals surface area contributed by atoms with Crippen LogP contribution in [0, 0.1) is 17.8 Å². The van der Waals surface area contributed by atoms with E-state index in [-0.39, 0.29) is 42.2 Å². The first-order valence-electron chi connectivity index (χ1n) is 14.4. The molecule has 1 aromatic carbocycles. The number of allylic oxidation sites excluding steroid dienone is 1. The highest BCUT2D eigenvalue weighted by atomic mass is 32.2. The maximum absolute atomic E-state index is 14.7. The third-order valence-electron chi connectivity index (χ3n) is 8.79. The van der Waals surface area contributed by atoms with Crippen LogP contribution in [-0.4, -0.2) is 80.1 Å².